The molecule has 1 N–H and O–H groups in total. The van der Waals surface area contributed by atoms with Gasteiger partial charge in [-0.15, -0.1) is 0 Å². The fourth-order valence-corrected chi connectivity index (χ4v) is 2.66. The number of oxime groups is 1. The van der Waals surface area contributed by atoms with Gasteiger partial charge in [0, 0.05) is 0 Å². The average molecular weight is 273 g/mol. The third kappa shape index (κ3) is 2.25. The van der Waals surface area contributed by atoms with Gasteiger partial charge in [-0.05, 0) is 27.7 Å². The summed E-state index contributed by atoms with van der Waals surface area (Å²) in [6.07, 6.45) is -1.92. The van der Waals surface area contributed by atoms with E-state index in [1.165, 1.54) is 0 Å². The predicted octanol–water partition coefficient (Wildman–Crippen LogP) is 0.845. The highest BCUT2D eigenvalue weighted by Crippen LogP contribution is 2.39. The molecule has 19 heavy (non-hydrogen) atoms. The number of hydrogen-bond acceptors (Lipinski definition) is 7. The minimum absolute atomic E-state index is 0.332. The van der Waals surface area contributed by atoms with E-state index < -0.39 is 30.1 Å². The van der Waals surface area contributed by atoms with Crippen LogP contribution in [0.4, 0.5) is 0 Å². The molecule has 4 atom stereocenters. The Morgan fingerprint density at radius 1 is 1.05 bits per heavy atom. The van der Waals surface area contributed by atoms with Crippen molar-refractivity contribution in [2.24, 2.45) is 5.16 Å². The van der Waals surface area contributed by atoms with Crippen LogP contribution in [0.1, 0.15) is 27.7 Å². The van der Waals surface area contributed by atoms with E-state index in [9.17, 15) is 5.21 Å². The predicted molar refractivity (Wildman–Crippen MR) is 62.8 cm³/mol. The molecule has 0 aromatic heterocycles. The molecule has 3 rings (SSSR count). The first-order chi connectivity index (χ1) is 8.81. The maximum absolute atomic E-state index is 9.22. The number of nitrogens with zero attached hydrogens (tertiary/aromatic N) is 1. The van der Waals surface area contributed by atoms with Crippen molar-refractivity contribution in [3.05, 3.63) is 0 Å². The maximum atomic E-state index is 9.22. The summed E-state index contributed by atoms with van der Waals surface area (Å²) in [6.45, 7) is 7.61. The second-order valence-electron chi connectivity index (χ2n) is 5.87. The molecule has 3 heterocycles. The van der Waals surface area contributed by atoms with Crippen LogP contribution in [0.5, 0.6) is 0 Å². The highest BCUT2D eigenvalue weighted by atomic mass is 16.8. The third-order valence-electron chi connectivity index (χ3n) is 3.41. The van der Waals surface area contributed by atoms with Crippen LogP contribution in [-0.2, 0) is 23.7 Å². The van der Waals surface area contributed by atoms with Gasteiger partial charge in [0.25, 0.3) is 0 Å². The minimum atomic E-state index is -0.747. The van der Waals surface area contributed by atoms with Crippen molar-refractivity contribution in [1.82, 2.24) is 0 Å². The van der Waals surface area contributed by atoms with Crippen LogP contribution >= 0.6 is 0 Å². The van der Waals surface area contributed by atoms with E-state index >= 15 is 0 Å². The molecule has 3 aliphatic heterocycles. The van der Waals surface area contributed by atoms with Gasteiger partial charge < -0.3 is 28.9 Å². The van der Waals surface area contributed by atoms with Crippen LogP contribution in [0.15, 0.2) is 5.16 Å². The lowest BCUT2D eigenvalue weighted by Gasteiger charge is -2.24. The first-order valence-corrected chi connectivity index (χ1v) is 6.36. The maximum Gasteiger partial charge on any atom is 0.193 e. The molecular formula is C12H19NO6. The summed E-state index contributed by atoms with van der Waals surface area (Å²) in [5.74, 6) is -1.41. The smallest absolute Gasteiger partial charge is 0.193 e. The minimum Gasteiger partial charge on any atom is -0.411 e. The summed E-state index contributed by atoms with van der Waals surface area (Å²) in [5, 5.41) is 12.5. The summed E-state index contributed by atoms with van der Waals surface area (Å²) in [4.78, 5) is 0. The van der Waals surface area contributed by atoms with E-state index in [1.807, 2.05) is 13.8 Å². The second-order valence-corrected chi connectivity index (χ2v) is 5.87. The van der Waals surface area contributed by atoms with Gasteiger partial charge in [-0.25, -0.2) is 0 Å². The van der Waals surface area contributed by atoms with Gasteiger partial charge in [0.1, 0.15) is 17.9 Å². The molecule has 3 aliphatic rings. The third-order valence-corrected chi connectivity index (χ3v) is 3.41. The molecule has 3 saturated heterocycles. The fourth-order valence-electron chi connectivity index (χ4n) is 2.66. The molecule has 0 spiro atoms. The molecule has 0 radical (unpaired) electrons. The Hall–Kier alpha value is -0.730. The van der Waals surface area contributed by atoms with Crippen molar-refractivity contribution in [2.45, 2.75) is 63.9 Å². The van der Waals surface area contributed by atoms with Crippen molar-refractivity contribution in [1.29, 1.82) is 0 Å². The van der Waals surface area contributed by atoms with Crippen molar-refractivity contribution >= 4 is 5.71 Å². The molecule has 0 aromatic rings. The van der Waals surface area contributed by atoms with Gasteiger partial charge in [-0.1, -0.05) is 5.16 Å². The summed E-state index contributed by atoms with van der Waals surface area (Å²) < 4.78 is 28.3. The molecule has 0 saturated carbocycles. The van der Waals surface area contributed by atoms with Crippen LogP contribution in [0.25, 0.3) is 0 Å². The van der Waals surface area contributed by atoms with Gasteiger partial charge >= 0.3 is 0 Å². The fraction of sp³-hybridized carbons (Fsp3) is 0.917. The van der Waals surface area contributed by atoms with Crippen LogP contribution < -0.4 is 0 Å². The van der Waals surface area contributed by atoms with Crippen LogP contribution in [0.3, 0.4) is 0 Å². The second kappa shape index (κ2) is 4.13. The quantitative estimate of drug-likeness (QED) is 0.563. The summed E-state index contributed by atoms with van der Waals surface area (Å²) in [7, 11) is 0. The van der Waals surface area contributed by atoms with Crippen molar-refractivity contribution < 1.29 is 28.9 Å². The van der Waals surface area contributed by atoms with Crippen LogP contribution in [-0.4, -0.2) is 53.7 Å². The van der Waals surface area contributed by atoms with E-state index in [4.69, 9.17) is 23.7 Å². The average Bonchev–Trinajstić information content (AvgIpc) is 2.87. The van der Waals surface area contributed by atoms with Gasteiger partial charge in [-0.2, -0.15) is 0 Å². The van der Waals surface area contributed by atoms with Gasteiger partial charge in [0.15, 0.2) is 24.0 Å². The largest absolute Gasteiger partial charge is 0.411 e. The molecular weight excluding hydrogens is 254 g/mol. The Morgan fingerprint density at radius 3 is 2.37 bits per heavy atom. The molecule has 0 bridgehead atoms. The molecule has 7 nitrogen and oxygen atoms in total. The SMILES string of the molecule is CC1(C)OCC(C2OC3OC(C)(C)OC3/C2=N/O)O1. The molecule has 3 fully saturated rings. The van der Waals surface area contributed by atoms with Gasteiger partial charge in [0.2, 0.25) is 0 Å². The van der Waals surface area contributed by atoms with Crippen LogP contribution in [0, 0.1) is 0 Å². The Bertz CT molecular complexity index is 407. The number of fused-ring (bicyclic) bond motifs is 1. The van der Waals surface area contributed by atoms with E-state index in [2.05, 4.69) is 5.16 Å². The molecule has 4 unspecified atom stereocenters. The van der Waals surface area contributed by atoms with E-state index in [1.54, 1.807) is 13.8 Å². The Morgan fingerprint density at radius 2 is 1.79 bits per heavy atom. The zero-order chi connectivity index (χ0) is 13.8. The highest BCUT2D eigenvalue weighted by molar-refractivity contribution is 5.95. The van der Waals surface area contributed by atoms with Crippen molar-refractivity contribution in [2.75, 3.05) is 6.61 Å². The van der Waals surface area contributed by atoms with E-state index in [0.717, 1.165) is 0 Å². The summed E-state index contributed by atoms with van der Waals surface area (Å²) >= 11 is 0. The van der Waals surface area contributed by atoms with Gasteiger partial charge in [0.05, 0.1) is 6.61 Å². The topological polar surface area (TPSA) is 78.7 Å². The van der Waals surface area contributed by atoms with Crippen LogP contribution in [0.2, 0.25) is 0 Å². The van der Waals surface area contributed by atoms with Gasteiger partial charge in [-0.3, -0.25) is 0 Å². The first kappa shape index (κ1) is 13.3. The van der Waals surface area contributed by atoms with Crippen molar-refractivity contribution in [3.63, 3.8) is 0 Å². The highest BCUT2D eigenvalue weighted by Gasteiger charge is 2.56. The summed E-state index contributed by atoms with van der Waals surface area (Å²) in [6, 6.07) is 0. The zero-order valence-corrected chi connectivity index (χ0v) is 11.5. The number of rotatable bonds is 1. The normalized spacial score (nSPS) is 45.8. The molecule has 0 aliphatic carbocycles. The Balaban J connectivity index is 1.76. The summed E-state index contributed by atoms with van der Waals surface area (Å²) in [5.41, 5.74) is 0.391. The standard InChI is InChI=1S/C12H19NO6/c1-11(2)15-5-6(17-11)8-7(13-14)9-10(16-8)19-12(3,4)18-9/h6,8-10,14H,5H2,1-4H3/b13-7+. The van der Waals surface area contributed by atoms with Crippen molar-refractivity contribution in [3.8, 4) is 0 Å². The van der Waals surface area contributed by atoms with E-state index in [-0.39, 0.29) is 6.10 Å². The first-order valence-electron chi connectivity index (χ1n) is 6.36. The number of ether oxygens (including phenoxy) is 5. The number of hydrogen-bond donors (Lipinski definition) is 1. The van der Waals surface area contributed by atoms with E-state index in [0.29, 0.717) is 12.3 Å². The molecule has 0 amide bonds. The molecule has 108 valence electrons. The lowest BCUT2D eigenvalue weighted by molar-refractivity contribution is -0.211. The molecule has 7 heteroatoms. The zero-order valence-electron chi connectivity index (χ0n) is 11.5. The lowest BCUT2D eigenvalue weighted by Crippen LogP contribution is -2.39. The Labute approximate surface area is 111 Å². The lowest BCUT2D eigenvalue weighted by atomic mass is 10.1. The monoisotopic (exact) mass is 273 g/mol. The Kier molecular flexibility index (Phi) is 2.88. The molecule has 0 aromatic carbocycles.